The number of aromatic nitrogens is 2. The minimum atomic E-state index is 0.345. The molecule has 0 aromatic carbocycles. The number of aryl methyl sites for hydroxylation is 1. The Kier molecular flexibility index (Phi) is 4.11. The van der Waals surface area contributed by atoms with Crippen LogP contribution in [0, 0.1) is 19.3 Å². The Labute approximate surface area is 91.3 Å². The highest BCUT2D eigenvalue weighted by Crippen LogP contribution is 2.13. The monoisotopic (exact) mass is 203 g/mol. The molecule has 0 atom stereocenters. The Morgan fingerprint density at radius 3 is 2.80 bits per heavy atom. The normalized spacial score (nSPS) is 10.1. The summed E-state index contributed by atoms with van der Waals surface area (Å²) in [7, 11) is 0. The minimum absolute atomic E-state index is 0.345. The van der Waals surface area contributed by atoms with E-state index >= 15 is 0 Å². The van der Waals surface area contributed by atoms with Crippen LogP contribution in [0.4, 0.5) is 5.82 Å². The molecule has 1 rings (SSSR count). The van der Waals surface area contributed by atoms with E-state index in [4.69, 9.17) is 6.42 Å². The summed E-state index contributed by atoms with van der Waals surface area (Å²) >= 11 is 0. The number of hydrogen-bond donors (Lipinski definition) is 1. The molecule has 0 unspecified atom stereocenters. The van der Waals surface area contributed by atoms with Gasteiger partial charge < -0.3 is 5.32 Å². The van der Waals surface area contributed by atoms with Crippen molar-refractivity contribution in [3.63, 3.8) is 0 Å². The third kappa shape index (κ3) is 3.59. The van der Waals surface area contributed by atoms with Gasteiger partial charge in [0.1, 0.15) is 11.6 Å². The zero-order chi connectivity index (χ0) is 11.3. The summed E-state index contributed by atoms with van der Waals surface area (Å²) in [6.07, 6.45) is 5.89. The molecule has 0 aliphatic carbocycles. The Hall–Kier alpha value is -1.56. The molecule has 0 spiro atoms. The third-order valence-corrected chi connectivity index (χ3v) is 1.96. The van der Waals surface area contributed by atoms with E-state index in [9.17, 15) is 0 Å². The molecule has 0 radical (unpaired) electrons. The number of rotatable bonds is 4. The standard InChI is InChI=1S/C12H17N3/c1-5-6-7-13-11-8-10(4)14-12(15-11)9(2)3/h1,8-9H,6-7H2,2-4H3,(H,13,14,15). The predicted octanol–water partition coefficient (Wildman–Crippen LogP) is 2.34. The van der Waals surface area contributed by atoms with Gasteiger partial charge in [-0.1, -0.05) is 13.8 Å². The number of hydrogen-bond acceptors (Lipinski definition) is 3. The molecule has 15 heavy (non-hydrogen) atoms. The van der Waals surface area contributed by atoms with Crippen LogP contribution < -0.4 is 5.32 Å². The first-order chi connectivity index (χ1) is 7.13. The first-order valence-electron chi connectivity index (χ1n) is 5.16. The number of anilines is 1. The number of terminal acetylenes is 1. The van der Waals surface area contributed by atoms with Crippen LogP contribution in [0.15, 0.2) is 6.07 Å². The van der Waals surface area contributed by atoms with Gasteiger partial charge in [0.25, 0.3) is 0 Å². The maximum Gasteiger partial charge on any atom is 0.133 e. The van der Waals surface area contributed by atoms with Gasteiger partial charge in [-0.2, -0.15) is 0 Å². The van der Waals surface area contributed by atoms with Crippen molar-refractivity contribution >= 4 is 5.82 Å². The van der Waals surface area contributed by atoms with Crippen LogP contribution in [-0.2, 0) is 0 Å². The molecule has 0 fully saturated rings. The first-order valence-corrected chi connectivity index (χ1v) is 5.16. The molecule has 3 heteroatoms. The topological polar surface area (TPSA) is 37.8 Å². The van der Waals surface area contributed by atoms with Crippen LogP contribution in [0.5, 0.6) is 0 Å². The fourth-order valence-corrected chi connectivity index (χ4v) is 1.20. The lowest BCUT2D eigenvalue weighted by molar-refractivity contribution is 0.766. The fourth-order valence-electron chi connectivity index (χ4n) is 1.20. The van der Waals surface area contributed by atoms with Gasteiger partial charge in [0.15, 0.2) is 0 Å². The third-order valence-electron chi connectivity index (χ3n) is 1.96. The van der Waals surface area contributed by atoms with Gasteiger partial charge in [0.2, 0.25) is 0 Å². The van der Waals surface area contributed by atoms with Crippen molar-refractivity contribution in [2.24, 2.45) is 0 Å². The van der Waals surface area contributed by atoms with Crippen molar-refractivity contribution < 1.29 is 0 Å². The van der Waals surface area contributed by atoms with E-state index in [2.05, 4.69) is 35.1 Å². The number of nitrogens with one attached hydrogen (secondary N) is 1. The maximum absolute atomic E-state index is 5.18. The molecule has 1 aromatic heterocycles. The van der Waals surface area contributed by atoms with Gasteiger partial charge in [-0.15, -0.1) is 12.3 Å². The fraction of sp³-hybridized carbons (Fsp3) is 0.500. The highest BCUT2D eigenvalue weighted by atomic mass is 15.0. The molecule has 0 amide bonds. The SMILES string of the molecule is C#CCCNc1cc(C)nc(C(C)C)n1. The van der Waals surface area contributed by atoms with E-state index in [1.165, 1.54) is 0 Å². The van der Waals surface area contributed by atoms with Crippen molar-refractivity contribution in [2.75, 3.05) is 11.9 Å². The van der Waals surface area contributed by atoms with Crippen molar-refractivity contribution in [3.05, 3.63) is 17.6 Å². The molecule has 1 aromatic rings. The van der Waals surface area contributed by atoms with Crippen LogP contribution in [0.3, 0.4) is 0 Å². The molecule has 0 saturated heterocycles. The molecule has 0 aliphatic rings. The van der Waals surface area contributed by atoms with Gasteiger partial charge in [0, 0.05) is 30.6 Å². The molecule has 3 nitrogen and oxygen atoms in total. The van der Waals surface area contributed by atoms with Gasteiger partial charge in [-0.3, -0.25) is 0 Å². The summed E-state index contributed by atoms with van der Waals surface area (Å²) in [5.74, 6) is 4.67. The Morgan fingerprint density at radius 2 is 2.20 bits per heavy atom. The van der Waals surface area contributed by atoms with Crippen molar-refractivity contribution in [2.45, 2.75) is 33.1 Å². The first kappa shape index (κ1) is 11.5. The van der Waals surface area contributed by atoms with E-state index in [-0.39, 0.29) is 0 Å². The Morgan fingerprint density at radius 1 is 1.47 bits per heavy atom. The second-order valence-electron chi connectivity index (χ2n) is 3.79. The van der Waals surface area contributed by atoms with E-state index in [0.29, 0.717) is 12.3 Å². The van der Waals surface area contributed by atoms with Crippen LogP contribution in [-0.4, -0.2) is 16.5 Å². The lowest BCUT2D eigenvalue weighted by Gasteiger charge is -2.09. The average Bonchev–Trinajstić information content (AvgIpc) is 2.17. The molecule has 0 saturated carbocycles. The summed E-state index contributed by atoms with van der Waals surface area (Å²) < 4.78 is 0. The van der Waals surface area contributed by atoms with Crippen LogP contribution >= 0.6 is 0 Å². The smallest absolute Gasteiger partial charge is 0.133 e. The predicted molar refractivity (Wildman–Crippen MR) is 62.8 cm³/mol. The van der Waals surface area contributed by atoms with Crippen LogP contribution in [0.2, 0.25) is 0 Å². The molecule has 1 N–H and O–H groups in total. The van der Waals surface area contributed by atoms with Crippen molar-refractivity contribution in [3.8, 4) is 12.3 Å². The van der Waals surface area contributed by atoms with E-state index in [0.717, 1.165) is 23.9 Å². The maximum atomic E-state index is 5.18. The van der Waals surface area contributed by atoms with E-state index < -0.39 is 0 Å². The van der Waals surface area contributed by atoms with Gasteiger partial charge >= 0.3 is 0 Å². The van der Waals surface area contributed by atoms with E-state index in [1.54, 1.807) is 0 Å². The minimum Gasteiger partial charge on any atom is -0.369 e. The van der Waals surface area contributed by atoms with Crippen LogP contribution in [0.25, 0.3) is 0 Å². The Balaban J connectivity index is 2.76. The van der Waals surface area contributed by atoms with E-state index in [1.807, 2.05) is 13.0 Å². The van der Waals surface area contributed by atoms with Crippen molar-refractivity contribution in [1.29, 1.82) is 0 Å². The molecular weight excluding hydrogens is 186 g/mol. The molecule has 0 bridgehead atoms. The summed E-state index contributed by atoms with van der Waals surface area (Å²) in [6, 6.07) is 1.93. The molecule has 1 heterocycles. The Bertz CT molecular complexity index is 364. The largest absolute Gasteiger partial charge is 0.369 e. The lowest BCUT2D eigenvalue weighted by atomic mass is 10.2. The highest BCUT2D eigenvalue weighted by Gasteiger charge is 2.05. The molecular formula is C12H17N3. The summed E-state index contributed by atoms with van der Waals surface area (Å²) in [6.45, 7) is 6.89. The zero-order valence-electron chi connectivity index (χ0n) is 9.54. The second-order valence-corrected chi connectivity index (χ2v) is 3.79. The zero-order valence-corrected chi connectivity index (χ0v) is 9.54. The second kappa shape index (κ2) is 5.35. The quantitative estimate of drug-likeness (QED) is 0.603. The average molecular weight is 203 g/mol. The van der Waals surface area contributed by atoms with Crippen LogP contribution in [0.1, 0.15) is 37.7 Å². The van der Waals surface area contributed by atoms with Gasteiger partial charge in [-0.05, 0) is 6.92 Å². The highest BCUT2D eigenvalue weighted by molar-refractivity contribution is 5.36. The van der Waals surface area contributed by atoms with Crippen molar-refractivity contribution in [1.82, 2.24) is 9.97 Å². The number of nitrogens with zero attached hydrogens (tertiary/aromatic N) is 2. The van der Waals surface area contributed by atoms with Gasteiger partial charge in [0.05, 0.1) is 0 Å². The lowest BCUT2D eigenvalue weighted by Crippen LogP contribution is -2.07. The summed E-state index contributed by atoms with van der Waals surface area (Å²) in [5.41, 5.74) is 0.983. The summed E-state index contributed by atoms with van der Waals surface area (Å²) in [4.78, 5) is 8.78. The molecule has 80 valence electrons. The summed E-state index contributed by atoms with van der Waals surface area (Å²) in [5, 5.41) is 3.19. The molecule has 0 aliphatic heterocycles. The van der Waals surface area contributed by atoms with Gasteiger partial charge in [-0.25, -0.2) is 9.97 Å².